The van der Waals surface area contributed by atoms with Gasteiger partial charge in [0.1, 0.15) is 0 Å². The van der Waals surface area contributed by atoms with E-state index in [0.29, 0.717) is 16.7 Å². The molecule has 1 aliphatic heterocycles. The number of fused-ring (bicyclic) bond motifs is 3. The van der Waals surface area contributed by atoms with Gasteiger partial charge in [0.05, 0.1) is 32.8 Å². The number of anilines is 1. The number of aromatic amines is 1. The van der Waals surface area contributed by atoms with Crippen molar-refractivity contribution >= 4 is 34.2 Å². The number of amides is 2. The van der Waals surface area contributed by atoms with Gasteiger partial charge in [-0.1, -0.05) is 0 Å². The number of carbonyl (C=O) groups is 2. The molecule has 5 rings (SSSR count). The molecule has 0 atom stereocenters. The number of hydrogen-bond acceptors (Lipinski definition) is 7. The van der Waals surface area contributed by atoms with E-state index >= 15 is 0 Å². The van der Waals surface area contributed by atoms with Crippen molar-refractivity contribution in [1.82, 2.24) is 20.2 Å². The van der Waals surface area contributed by atoms with Crippen LogP contribution in [0.3, 0.4) is 0 Å². The van der Waals surface area contributed by atoms with Crippen LogP contribution in [0.1, 0.15) is 20.7 Å². The Morgan fingerprint density at radius 1 is 1.00 bits per heavy atom. The van der Waals surface area contributed by atoms with Crippen LogP contribution in [0.15, 0.2) is 55.0 Å². The second kappa shape index (κ2) is 6.02. The highest BCUT2D eigenvalue weighted by atomic mass is 16.6. The van der Waals surface area contributed by atoms with Crippen LogP contribution in [0.2, 0.25) is 0 Å². The zero-order valence-electron chi connectivity index (χ0n) is 14.6. The first-order chi connectivity index (χ1) is 14.1. The molecule has 0 saturated carbocycles. The van der Waals surface area contributed by atoms with E-state index in [2.05, 4.69) is 20.2 Å². The van der Waals surface area contributed by atoms with Gasteiger partial charge < -0.3 is 0 Å². The third kappa shape index (κ3) is 2.39. The average molecular weight is 386 g/mol. The highest BCUT2D eigenvalue weighted by Gasteiger charge is 2.40. The quantitative estimate of drug-likeness (QED) is 0.325. The summed E-state index contributed by atoms with van der Waals surface area (Å²) in [5.74, 6) is -1.09. The van der Waals surface area contributed by atoms with Crippen LogP contribution < -0.4 is 4.90 Å². The molecule has 0 bridgehead atoms. The number of imide groups is 1. The second-order valence-corrected chi connectivity index (χ2v) is 6.30. The molecule has 1 aromatic carbocycles. The highest BCUT2D eigenvalue weighted by Crippen LogP contribution is 2.36. The number of nitro benzene ring substituents is 1. The minimum atomic E-state index is -0.550. The van der Waals surface area contributed by atoms with E-state index < -0.39 is 16.7 Å². The molecule has 29 heavy (non-hydrogen) atoms. The summed E-state index contributed by atoms with van der Waals surface area (Å²) in [4.78, 5) is 45.6. The van der Waals surface area contributed by atoms with Crippen molar-refractivity contribution < 1.29 is 14.5 Å². The first kappa shape index (κ1) is 16.7. The normalized spacial score (nSPS) is 13.2. The Hall–Kier alpha value is -4.47. The number of aromatic nitrogens is 4. The predicted octanol–water partition coefficient (Wildman–Crippen LogP) is 2.73. The van der Waals surface area contributed by atoms with Crippen LogP contribution in [0.5, 0.6) is 0 Å². The van der Waals surface area contributed by atoms with E-state index in [9.17, 15) is 19.7 Å². The lowest BCUT2D eigenvalue weighted by Gasteiger charge is -2.13. The molecule has 0 spiro atoms. The minimum absolute atomic E-state index is 0.135. The third-order valence-electron chi connectivity index (χ3n) is 4.72. The predicted molar refractivity (Wildman–Crippen MR) is 101 cm³/mol. The van der Waals surface area contributed by atoms with Crippen LogP contribution in [-0.2, 0) is 0 Å². The van der Waals surface area contributed by atoms with Gasteiger partial charge >= 0.3 is 0 Å². The smallest absolute Gasteiger partial charge is 0.269 e. The molecule has 4 heterocycles. The van der Waals surface area contributed by atoms with Gasteiger partial charge in [0, 0.05) is 36.3 Å². The summed E-state index contributed by atoms with van der Waals surface area (Å²) >= 11 is 0. The Morgan fingerprint density at radius 2 is 1.72 bits per heavy atom. The van der Waals surface area contributed by atoms with Crippen molar-refractivity contribution in [3.05, 3.63) is 76.2 Å². The molecule has 1 aliphatic rings. The number of hydrogen-bond donors (Lipinski definition) is 1. The molecule has 140 valence electrons. The molecule has 10 heteroatoms. The second-order valence-electron chi connectivity index (χ2n) is 6.30. The molecule has 0 unspecified atom stereocenters. The minimum Gasteiger partial charge on any atom is -0.275 e. The van der Waals surface area contributed by atoms with Crippen LogP contribution >= 0.6 is 0 Å². The monoisotopic (exact) mass is 386 g/mol. The third-order valence-corrected chi connectivity index (χ3v) is 4.72. The summed E-state index contributed by atoms with van der Waals surface area (Å²) < 4.78 is 0. The van der Waals surface area contributed by atoms with Gasteiger partial charge in [0.15, 0.2) is 5.65 Å². The van der Waals surface area contributed by atoms with E-state index in [1.54, 1.807) is 24.5 Å². The van der Waals surface area contributed by atoms with Crippen LogP contribution in [0.25, 0.3) is 22.3 Å². The van der Waals surface area contributed by atoms with Gasteiger partial charge in [-0.3, -0.25) is 29.8 Å². The largest absolute Gasteiger partial charge is 0.275 e. The summed E-state index contributed by atoms with van der Waals surface area (Å²) in [7, 11) is 0. The maximum atomic E-state index is 13.2. The first-order valence-electron chi connectivity index (χ1n) is 8.47. The average Bonchev–Trinajstić information content (AvgIpc) is 3.28. The van der Waals surface area contributed by atoms with Crippen molar-refractivity contribution in [2.75, 3.05) is 4.90 Å². The zero-order chi connectivity index (χ0) is 20.1. The van der Waals surface area contributed by atoms with Gasteiger partial charge in [-0.2, -0.15) is 5.10 Å². The van der Waals surface area contributed by atoms with Gasteiger partial charge in [-0.05, 0) is 24.3 Å². The highest BCUT2D eigenvalue weighted by molar-refractivity contribution is 6.38. The molecule has 4 aromatic rings. The Labute approximate surface area is 162 Å². The van der Waals surface area contributed by atoms with Crippen molar-refractivity contribution in [3.63, 3.8) is 0 Å². The lowest BCUT2D eigenvalue weighted by Crippen LogP contribution is -2.29. The molecule has 3 aromatic heterocycles. The fourth-order valence-electron chi connectivity index (χ4n) is 3.38. The Kier molecular flexibility index (Phi) is 3.47. The summed E-state index contributed by atoms with van der Waals surface area (Å²) in [5, 5.41) is 18.3. The zero-order valence-corrected chi connectivity index (χ0v) is 14.6. The molecule has 2 amide bonds. The van der Waals surface area contributed by atoms with Gasteiger partial charge in [0.2, 0.25) is 0 Å². The number of nitrogens with one attached hydrogen (secondary N) is 1. The lowest BCUT2D eigenvalue weighted by molar-refractivity contribution is -0.384. The van der Waals surface area contributed by atoms with Gasteiger partial charge in [-0.15, -0.1) is 0 Å². The van der Waals surface area contributed by atoms with Gasteiger partial charge in [-0.25, -0.2) is 9.88 Å². The molecular weight excluding hydrogens is 376 g/mol. The standard InChI is InChI=1S/C19H10N6O4/c26-18-13-9-21-17-15(16(22-23-17)10-5-7-20-8-6-10)14(13)19(27)24(18)11-1-3-12(4-2-11)25(28)29/h1-9H,(H,21,22,23). The maximum absolute atomic E-state index is 13.2. The lowest BCUT2D eigenvalue weighted by atomic mass is 10.0. The summed E-state index contributed by atoms with van der Waals surface area (Å²) in [6.45, 7) is 0. The first-order valence-corrected chi connectivity index (χ1v) is 8.47. The van der Waals surface area contributed by atoms with E-state index in [1.807, 2.05) is 0 Å². The number of rotatable bonds is 3. The number of benzene rings is 1. The molecule has 10 nitrogen and oxygen atoms in total. The Morgan fingerprint density at radius 3 is 2.41 bits per heavy atom. The van der Waals surface area contributed by atoms with E-state index in [-0.39, 0.29) is 22.5 Å². The number of non-ortho nitro benzene ring substituents is 1. The number of nitrogens with zero attached hydrogens (tertiary/aromatic N) is 5. The van der Waals surface area contributed by atoms with Crippen LogP contribution in [0, 0.1) is 10.1 Å². The fraction of sp³-hybridized carbons (Fsp3) is 0. The van der Waals surface area contributed by atoms with Crippen molar-refractivity contribution in [2.45, 2.75) is 0 Å². The number of carbonyl (C=O) groups excluding carboxylic acids is 2. The number of pyridine rings is 2. The number of nitro groups is 1. The van der Waals surface area contributed by atoms with Crippen molar-refractivity contribution in [2.24, 2.45) is 0 Å². The van der Waals surface area contributed by atoms with Crippen LogP contribution in [0.4, 0.5) is 11.4 Å². The molecule has 0 aliphatic carbocycles. The number of H-pyrrole nitrogens is 1. The Balaban J connectivity index is 1.68. The summed E-state index contributed by atoms with van der Waals surface area (Å²) in [6.07, 6.45) is 4.53. The van der Waals surface area contributed by atoms with Crippen LogP contribution in [-0.4, -0.2) is 36.9 Å². The molecule has 0 fully saturated rings. The molecule has 0 radical (unpaired) electrons. The van der Waals surface area contributed by atoms with Crippen molar-refractivity contribution in [1.29, 1.82) is 0 Å². The topological polar surface area (TPSA) is 135 Å². The SMILES string of the molecule is O=C1c2cnc3n[nH]c(-c4ccncc4)c3c2C(=O)N1c1ccc([N+](=O)[O-])cc1. The van der Waals surface area contributed by atoms with E-state index in [4.69, 9.17) is 0 Å². The molecular formula is C19H10N6O4. The molecule has 1 N–H and O–H groups in total. The Bertz CT molecular complexity index is 1310. The van der Waals surface area contributed by atoms with Crippen molar-refractivity contribution in [3.8, 4) is 11.3 Å². The van der Waals surface area contributed by atoms with Gasteiger partial charge in [0.25, 0.3) is 17.5 Å². The maximum Gasteiger partial charge on any atom is 0.269 e. The van der Waals surface area contributed by atoms with E-state index in [0.717, 1.165) is 10.5 Å². The summed E-state index contributed by atoms with van der Waals surface area (Å²) in [6, 6.07) is 8.72. The fourth-order valence-corrected chi connectivity index (χ4v) is 3.38. The summed E-state index contributed by atoms with van der Waals surface area (Å²) in [5.41, 5.74) is 2.05. The van der Waals surface area contributed by atoms with E-state index in [1.165, 1.54) is 30.5 Å². The molecule has 0 saturated heterocycles.